The molecule has 1 unspecified atom stereocenters. The number of benzene rings is 1. The van der Waals surface area contributed by atoms with Gasteiger partial charge in [-0.2, -0.15) is 0 Å². The fourth-order valence-electron chi connectivity index (χ4n) is 2.21. The molecule has 0 radical (unpaired) electrons. The number of Topliss-reactive ketones (excluding diaryl/α,β-unsaturated/α-hetero) is 1. The van der Waals surface area contributed by atoms with Gasteiger partial charge in [0.1, 0.15) is 0 Å². The monoisotopic (exact) mass is 233 g/mol. The first-order valence-corrected chi connectivity index (χ1v) is 6.09. The van der Waals surface area contributed by atoms with Gasteiger partial charge in [-0.25, -0.2) is 0 Å². The van der Waals surface area contributed by atoms with Crippen LogP contribution in [-0.2, 0) is 4.74 Å². The first-order chi connectivity index (χ1) is 8.16. The van der Waals surface area contributed by atoms with Gasteiger partial charge in [0.05, 0.1) is 19.3 Å². The van der Waals surface area contributed by atoms with E-state index in [1.54, 1.807) is 0 Å². The first-order valence-electron chi connectivity index (χ1n) is 6.09. The SMILES string of the molecule is Cc1ccccc1C(=O)CN1CCOC(C)C1. The number of carbonyl (C=O) groups excluding carboxylic acids is 1. The van der Waals surface area contributed by atoms with E-state index in [9.17, 15) is 4.79 Å². The maximum Gasteiger partial charge on any atom is 0.177 e. The number of rotatable bonds is 3. The van der Waals surface area contributed by atoms with Crippen LogP contribution in [0.1, 0.15) is 22.8 Å². The van der Waals surface area contributed by atoms with E-state index < -0.39 is 0 Å². The Morgan fingerprint density at radius 1 is 1.47 bits per heavy atom. The molecule has 1 aromatic carbocycles. The van der Waals surface area contributed by atoms with E-state index in [-0.39, 0.29) is 11.9 Å². The number of hydrogen-bond donors (Lipinski definition) is 0. The Kier molecular flexibility index (Phi) is 3.92. The first kappa shape index (κ1) is 12.3. The van der Waals surface area contributed by atoms with Crippen molar-refractivity contribution in [3.8, 4) is 0 Å². The van der Waals surface area contributed by atoms with Gasteiger partial charge in [-0.1, -0.05) is 24.3 Å². The van der Waals surface area contributed by atoms with Crippen LogP contribution in [0.25, 0.3) is 0 Å². The van der Waals surface area contributed by atoms with Crippen LogP contribution in [0.5, 0.6) is 0 Å². The number of aryl methyl sites for hydroxylation is 1. The molecule has 0 bridgehead atoms. The Labute approximate surface area is 102 Å². The lowest BCUT2D eigenvalue weighted by Crippen LogP contribution is -2.43. The summed E-state index contributed by atoms with van der Waals surface area (Å²) >= 11 is 0. The molecule has 0 amide bonds. The zero-order valence-corrected chi connectivity index (χ0v) is 10.5. The Hall–Kier alpha value is -1.19. The normalized spacial score (nSPS) is 21.4. The van der Waals surface area contributed by atoms with Crippen molar-refractivity contribution in [2.45, 2.75) is 20.0 Å². The second-order valence-corrected chi connectivity index (χ2v) is 4.65. The molecule has 0 aliphatic carbocycles. The molecule has 1 aromatic rings. The maximum absolute atomic E-state index is 12.2. The molecular weight excluding hydrogens is 214 g/mol. The number of ether oxygens (including phenoxy) is 1. The van der Waals surface area contributed by atoms with Gasteiger partial charge in [-0.3, -0.25) is 9.69 Å². The van der Waals surface area contributed by atoms with Crippen molar-refractivity contribution in [2.75, 3.05) is 26.2 Å². The summed E-state index contributed by atoms with van der Waals surface area (Å²) in [6.45, 7) is 6.94. The predicted molar refractivity (Wildman–Crippen MR) is 67.4 cm³/mol. The highest BCUT2D eigenvalue weighted by Crippen LogP contribution is 2.10. The fourth-order valence-corrected chi connectivity index (χ4v) is 2.21. The molecule has 1 saturated heterocycles. The lowest BCUT2D eigenvalue weighted by molar-refractivity contribution is -0.0158. The largest absolute Gasteiger partial charge is 0.376 e. The summed E-state index contributed by atoms with van der Waals surface area (Å²) in [6, 6.07) is 7.77. The van der Waals surface area contributed by atoms with E-state index in [4.69, 9.17) is 4.74 Å². The van der Waals surface area contributed by atoms with Crippen LogP contribution in [0.15, 0.2) is 24.3 Å². The minimum Gasteiger partial charge on any atom is -0.376 e. The van der Waals surface area contributed by atoms with E-state index in [0.717, 1.165) is 30.8 Å². The van der Waals surface area contributed by atoms with Gasteiger partial charge in [-0.05, 0) is 19.4 Å². The van der Waals surface area contributed by atoms with Gasteiger partial charge in [0.2, 0.25) is 0 Å². The minimum atomic E-state index is 0.206. The Morgan fingerprint density at radius 3 is 2.94 bits per heavy atom. The molecule has 0 aromatic heterocycles. The van der Waals surface area contributed by atoms with E-state index in [1.165, 1.54) is 0 Å². The van der Waals surface area contributed by atoms with Crippen LogP contribution >= 0.6 is 0 Å². The van der Waals surface area contributed by atoms with Crippen molar-refractivity contribution in [3.05, 3.63) is 35.4 Å². The summed E-state index contributed by atoms with van der Waals surface area (Å²) in [4.78, 5) is 14.3. The highest BCUT2D eigenvalue weighted by atomic mass is 16.5. The van der Waals surface area contributed by atoms with Gasteiger partial charge in [0.15, 0.2) is 5.78 Å². The van der Waals surface area contributed by atoms with Gasteiger partial charge in [0.25, 0.3) is 0 Å². The molecule has 3 nitrogen and oxygen atoms in total. The van der Waals surface area contributed by atoms with Crippen LogP contribution < -0.4 is 0 Å². The summed E-state index contributed by atoms with van der Waals surface area (Å²) in [7, 11) is 0. The highest BCUT2D eigenvalue weighted by molar-refractivity contribution is 5.98. The van der Waals surface area contributed by atoms with E-state index >= 15 is 0 Å². The van der Waals surface area contributed by atoms with Gasteiger partial charge in [-0.15, -0.1) is 0 Å². The molecule has 17 heavy (non-hydrogen) atoms. The Balaban J connectivity index is 1.99. The second kappa shape index (κ2) is 5.43. The fraction of sp³-hybridized carbons (Fsp3) is 0.500. The quantitative estimate of drug-likeness (QED) is 0.747. The van der Waals surface area contributed by atoms with E-state index in [2.05, 4.69) is 4.90 Å². The zero-order valence-electron chi connectivity index (χ0n) is 10.5. The Bertz CT molecular complexity index is 403. The summed E-state index contributed by atoms with van der Waals surface area (Å²) in [5, 5.41) is 0. The van der Waals surface area contributed by atoms with Crippen molar-refractivity contribution in [2.24, 2.45) is 0 Å². The summed E-state index contributed by atoms with van der Waals surface area (Å²) in [5.74, 6) is 0.206. The smallest absolute Gasteiger partial charge is 0.177 e. The molecule has 2 rings (SSSR count). The standard InChI is InChI=1S/C14H19NO2/c1-11-5-3-4-6-13(11)14(16)10-15-7-8-17-12(2)9-15/h3-6,12H,7-10H2,1-2H3. The lowest BCUT2D eigenvalue weighted by Gasteiger charge is -2.30. The van der Waals surface area contributed by atoms with Crippen LogP contribution in [-0.4, -0.2) is 43.0 Å². The molecule has 0 saturated carbocycles. The average Bonchev–Trinajstić information content (AvgIpc) is 2.29. The van der Waals surface area contributed by atoms with Gasteiger partial charge < -0.3 is 4.74 Å². The van der Waals surface area contributed by atoms with Crippen molar-refractivity contribution in [1.82, 2.24) is 4.90 Å². The van der Waals surface area contributed by atoms with Crippen LogP contribution in [0.4, 0.5) is 0 Å². The maximum atomic E-state index is 12.2. The number of ketones is 1. The summed E-state index contributed by atoms with van der Waals surface area (Å²) < 4.78 is 5.47. The lowest BCUT2D eigenvalue weighted by atomic mass is 10.0. The number of morpholine rings is 1. The molecule has 1 aliphatic rings. The highest BCUT2D eigenvalue weighted by Gasteiger charge is 2.19. The number of nitrogens with zero attached hydrogens (tertiary/aromatic N) is 1. The van der Waals surface area contributed by atoms with Crippen molar-refractivity contribution < 1.29 is 9.53 Å². The molecule has 0 spiro atoms. The molecule has 1 fully saturated rings. The Morgan fingerprint density at radius 2 is 2.24 bits per heavy atom. The summed E-state index contributed by atoms with van der Waals surface area (Å²) in [6.07, 6.45) is 0.230. The van der Waals surface area contributed by atoms with E-state index in [0.29, 0.717) is 6.54 Å². The molecule has 0 N–H and O–H groups in total. The topological polar surface area (TPSA) is 29.5 Å². The molecule has 1 atom stereocenters. The van der Waals surface area contributed by atoms with Crippen LogP contribution in [0.3, 0.4) is 0 Å². The zero-order chi connectivity index (χ0) is 12.3. The van der Waals surface area contributed by atoms with Crippen molar-refractivity contribution in [1.29, 1.82) is 0 Å². The van der Waals surface area contributed by atoms with E-state index in [1.807, 2.05) is 38.1 Å². The second-order valence-electron chi connectivity index (χ2n) is 4.65. The number of hydrogen-bond acceptors (Lipinski definition) is 3. The van der Waals surface area contributed by atoms with Gasteiger partial charge in [0, 0.05) is 18.7 Å². The molecule has 3 heteroatoms. The molecular formula is C14H19NO2. The van der Waals surface area contributed by atoms with Crippen LogP contribution in [0.2, 0.25) is 0 Å². The predicted octanol–water partition coefficient (Wildman–Crippen LogP) is 1.90. The average molecular weight is 233 g/mol. The van der Waals surface area contributed by atoms with Crippen LogP contribution in [0, 0.1) is 6.92 Å². The number of carbonyl (C=O) groups is 1. The summed E-state index contributed by atoms with van der Waals surface area (Å²) in [5.41, 5.74) is 1.89. The third-order valence-electron chi connectivity index (χ3n) is 3.14. The van der Waals surface area contributed by atoms with Gasteiger partial charge >= 0.3 is 0 Å². The molecule has 1 heterocycles. The third kappa shape index (κ3) is 3.14. The van der Waals surface area contributed by atoms with Crippen molar-refractivity contribution in [3.63, 3.8) is 0 Å². The molecule has 1 aliphatic heterocycles. The van der Waals surface area contributed by atoms with Crippen molar-refractivity contribution >= 4 is 5.78 Å². The minimum absolute atomic E-state index is 0.206. The third-order valence-corrected chi connectivity index (χ3v) is 3.14. The molecule has 92 valence electrons.